The molecule has 0 spiro atoms. The lowest BCUT2D eigenvalue weighted by molar-refractivity contribution is 0.0530. The summed E-state index contributed by atoms with van der Waals surface area (Å²) in [5, 5.41) is 0. The van der Waals surface area contributed by atoms with E-state index >= 15 is 0 Å². The SMILES string of the molecule is CCc1ccc(C)n1C(=O)OC(C)(C)C. The van der Waals surface area contributed by atoms with Crippen molar-refractivity contribution >= 4 is 6.09 Å². The first kappa shape index (κ1) is 11.8. The minimum absolute atomic E-state index is 0.290. The van der Waals surface area contributed by atoms with E-state index in [-0.39, 0.29) is 6.09 Å². The van der Waals surface area contributed by atoms with Crippen LogP contribution in [0.2, 0.25) is 0 Å². The molecular formula is C12H19NO2. The van der Waals surface area contributed by atoms with Crippen molar-refractivity contribution in [1.82, 2.24) is 4.57 Å². The molecule has 1 heterocycles. The number of nitrogens with zero attached hydrogens (tertiary/aromatic N) is 1. The van der Waals surface area contributed by atoms with E-state index in [0.717, 1.165) is 17.8 Å². The molecule has 0 fully saturated rings. The Kier molecular flexibility index (Phi) is 3.22. The summed E-state index contributed by atoms with van der Waals surface area (Å²) in [6.45, 7) is 9.54. The molecule has 0 aliphatic heterocycles. The van der Waals surface area contributed by atoms with E-state index < -0.39 is 5.60 Å². The van der Waals surface area contributed by atoms with Gasteiger partial charge in [0.25, 0.3) is 0 Å². The van der Waals surface area contributed by atoms with Gasteiger partial charge < -0.3 is 4.74 Å². The molecule has 1 rings (SSSR count). The fraction of sp³-hybridized carbons (Fsp3) is 0.583. The lowest BCUT2D eigenvalue weighted by Crippen LogP contribution is -2.28. The molecule has 0 aliphatic carbocycles. The summed E-state index contributed by atoms with van der Waals surface area (Å²) < 4.78 is 6.96. The van der Waals surface area contributed by atoms with Gasteiger partial charge in [0, 0.05) is 11.4 Å². The summed E-state index contributed by atoms with van der Waals surface area (Å²) in [4.78, 5) is 11.9. The molecule has 1 aromatic heterocycles. The van der Waals surface area contributed by atoms with E-state index in [0.29, 0.717) is 0 Å². The van der Waals surface area contributed by atoms with E-state index in [1.165, 1.54) is 0 Å². The Morgan fingerprint density at radius 3 is 2.47 bits per heavy atom. The molecule has 84 valence electrons. The van der Waals surface area contributed by atoms with Crippen molar-refractivity contribution in [2.45, 2.75) is 46.6 Å². The molecule has 3 nitrogen and oxygen atoms in total. The van der Waals surface area contributed by atoms with Gasteiger partial charge in [-0.25, -0.2) is 4.79 Å². The average Bonchev–Trinajstić information content (AvgIpc) is 2.43. The Bertz CT molecular complexity index is 358. The minimum Gasteiger partial charge on any atom is -0.443 e. The van der Waals surface area contributed by atoms with Gasteiger partial charge in [-0.2, -0.15) is 0 Å². The monoisotopic (exact) mass is 209 g/mol. The van der Waals surface area contributed by atoms with E-state index in [9.17, 15) is 4.79 Å². The molecule has 3 heteroatoms. The standard InChI is InChI=1S/C12H19NO2/c1-6-10-8-7-9(2)13(10)11(14)15-12(3,4)5/h7-8H,6H2,1-5H3. The number of hydrogen-bond acceptors (Lipinski definition) is 2. The van der Waals surface area contributed by atoms with E-state index in [2.05, 4.69) is 0 Å². The molecule has 0 aromatic carbocycles. The number of carbonyl (C=O) groups excluding carboxylic acids is 1. The van der Waals surface area contributed by atoms with Crippen molar-refractivity contribution in [2.75, 3.05) is 0 Å². The van der Waals surface area contributed by atoms with Crippen molar-refractivity contribution in [3.8, 4) is 0 Å². The van der Waals surface area contributed by atoms with Gasteiger partial charge in [-0.15, -0.1) is 0 Å². The summed E-state index contributed by atoms with van der Waals surface area (Å²) in [6, 6.07) is 3.89. The molecule has 0 bridgehead atoms. The molecule has 0 radical (unpaired) electrons. The third-order valence-corrected chi connectivity index (χ3v) is 2.10. The first-order chi connectivity index (χ1) is 6.85. The number of aromatic nitrogens is 1. The van der Waals surface area contributed by atoms with Crippen LogP contribution in [-0.4, -0.2) is 16.3 Å². The first-order valence-corrected chi connectivity index (χ1v) is 5.25. The van der Waals surface area contributed by atoms with Gasteiger partial charge in [0.15, 0.2) is 0 Å². The fourth-order valence-corrected chi connectivity index (χ4v) is 1.44. The Morgan fingerprint density at radius 2 is 2.00 bits per heavy atom. The Labute approximate surface area is 91.0 Å². The molecule has 0 atom stereocenters. The molecule has 0 unspecified atom stereocenters. The van der Waals surface area contributed by atoms with Crippen LogP contribution in [0.4, 0.5) is 4.79 Å². The van der Waals surface area contributed by atoms with Crippen LogP contribution in [0.1, 0.15) is 39.1 Å². The Balaban J connectivity index is 2.95. The van der Waals surface area contributed by atoms with Crippen molar-refractivity contribution in [3.05, 3.63) is 23.5 Å². The Morgan fingerprint density at radius 1 is 1.40 bits per heavy atom. The van der Waals surface area contributed by atoms with Gasteiger partial charge in [-0.3, -0.25) is 4.57 Å². The molecule has 1 aromatic rings. The smallest absolute Gasteiger partial charge is 0.418 e. The highest BCUT2D eigenvalue weighted by molar-refractivity contribution is 5.73. The second-order valence-corrected chi connectivity index (χ2v) is 4.64. The maximum absolute atomic E-state index is 11.9. The maximum Gasteiger partial charge on any atom is 0.418 e. The number of carbonyl (C=O) groups is 1. The van der Waals surface area contributed by atoms with Crippen LogP contribution in [0.15, 0.2) is 12.1 Å². The normalized spacial score (nSPS) is 11.5. The molecule has 0 amide bonds. The number of hydrogen-bond donors (Lipinski definition) is 0. The molecule has 0 saturated carbocycles. The highest BCUT2D eigenvalue weighted by atomic mass is 16.6. The second-order valence-electron chi connectivity index (χ2n) is 4.64. The van der Waals surface area contributed by atoms with Crippen molar-refractivity contribution < 1.29 is 9.53 Å². The van der Waals surface area contributed by atoms with Gasteiger partial charge in [-0.05, 0) is 46.2 Å². The third-order valence-electron chi connectivity index (χ3n) is 2.10. The average molecular weight is 209 g/mol. The quantitative estimate of drug-likeness (QED) is 0.711. The van der Waals surface area contributed by atoms with E-state index in [1.807, 2.05) is 46.8 Å². The molecular weight excluding hydrogens is 190 g/mol. The van der Waals surface area contributed by atoms with Gasteiger partial charge in [0.1, 0.15) is 5.60 Å². The van der Waals surface area contributed by atoms with Gasteiger partial charge in [-0.1, -0.05) is 6.92 Å². The topological polar surface area (TPSA) is 31.2 Å². The van der Waals surface area contributed by atoms with Gasteiger partial charge in [0.05, 0.1) is 0 Å². The summed E-state index contributed by atoms with van der Waals surface area (Å²) >= 11 is 0. The zero-order valence-electron chi connectivity index (χ0n) is 10.1. The fourth-order valence-electron chi connectivity index (χ4n) is 1.44. The number of rotatable bonds is 1. The van der Waals surface area contributed by atoms with Crippen molar-refractivity contribution in [3.63, 3.8) is 0 Å². The van der Waals surface area contributed by atoms with Crippen LogP contribution < -0.4 is 0 Å². The third kappa shape index (κ3) is 2.85. The van der Waals surface area contributed by atoms with Crippen LogP contribution in [-0.2, 0) is 11.2 Å². The van der Waals surface area contributed by atoms with E-state index in [4.69, 9.17) is 4.74 Å². The molecule has 15 heavy (non-hydrogen) atoms. The number of ether oxygens (including phenoxy) is 1. The molecule has 0 saturated heterocycles. The van der Waals surface area contributed by atoms with Gasteiger partial charge in [0.2, 0.25) is 0 Å². The summed E-state index contributed by atoms with van der Waals surface area (Å²) in [7, 11) is 0. The van der Waals surface area contributed by atoms with Crippen molar-refractivity contribution in [1.29, 1.82) is 0 Å². The predicted molar refractivity (Wildman–Crippen MR) is 60.2 cm³/mol. The highest BCUT2D eigenvalue weighted by Crippen LogP contribution is 2.14. The van der Waals surface area contributed by atoms with Gasteiger partial charge >= 0.3 is 6.09 Å². The minimum atomic E-state index is -0.446. The van der Waals surface area contributed by atoms with E-state index in [1.54, 1.807) is 4.57 Å². The zero-order chi connectivity index (χ0) is 11.6. The lowest BCUT2D eigenvalue weighted by atomic mass is 10.2. The second kappa shape index (κ2) is 4.09. The maximum atomic E-state index is 11.9. The molecule has 0 aliphatic rings. The first-order valence-electron chi connectivity index (χ1n) is 5.25. The van der Waals surface area contributed by atoms with Crippen LogP contribution in [0.25, 0.3) is 0 Å². The summed E-state index contributed by atoms with van der Waals surface area (Å²) in [5.74, 6) is 0. The predicted octanol–water partition coefficient (Wildman–Crippen LogP) is 3.14. The number of aryl methyl sites for hydroxylation is 2. The van der Waals surface area contributed by atoms with Crippen molar-refractivity contribution in [2.24, 2.45) is 0 Å². The lowest BCUT2D eigenvalue weighted by Gasteiger charge is -2.21. The Hall–Kier alpha value is -1.25. The summed E-state index contributed by atoms with van der Waals surface area (Å²) in [6.07, 6.45) is 0.537. The van der Waals surface area contributed by atoms with Crippen LogP contribution in [0.5, 0.6) is 0 Å². The summed E-state index contributed by atoms with van der Waals surface area (Å²) in [5.41, 5.74) is 1.46. The zero-order valence-corrected chi connectivity index (χ0v) is 10.1. The largest absolute Gasteiger partial charge is 0.443 e. The highest BCUT2D eigenvalue weighted by Gasteiger charge is 2.20. The molecule has 0 N–H and O–H groups in total. The van der Waals surface area contributed by atoms with Crippen LogP contribution >= 0.6 is 0 Å². The van der Waals surface area contributed by atoms with Crippen LogP contribution in [0.3, 0.4) is 0 Å². The van der Waals surface area contributed by atoms with Crippen LogP contribution in [0, 0.1) is 6.92 Å².